The van der Waals surface area contributed by atoms with Gasteiger partial charge in [0.2, 0.25) is 6.10 Å². The number of allylic oxidation sites excluding steroid dienone is 1. The van der Waals surface area contributed by atoms with Gasteiger partial charge in [0.1, 0.15) is 5.75 Å². The van der Waals surface area contributed by atoms with Gasteiger partial charge in [-0.25, -0.2) is 9.59 Å². The molecule has 0 fully saturated rings. The first-order chi connectivity index (χ1) is 26.2. The van der Waals surface area contributed by atoms with Gasteiger partial charge in [0, 0.05) is 35.2 Å². The van der Waals surface area contributed by atoms with Crippen LogP contribution in [0.4, 0.5) is 0 Å². The Balaban J connectivity index is 1.43. The summed E-state index contributed by atoms with van der Waals surface area (Å²) in [6, 6.07) is 10.1. The number of likely N-dealkylation sites (N-methyl/N-ethyl adjacent to an activating group) is 1. The van der Waals surface area contributed by atoms with Gasteiger partial charge in [0.05, 0.1) is 0 Å². The number of aromatic hydroxyl groups is 8. The van der Waals surface area contributed by atoms with Crippen LogP contribution in [-0.4, -0.2) is 77.1 Å². The lowest BCUT2D eigenvalue weighted by atomic mass is 9.75. The van der Waals surface area contributed by atoms with Gasteiger partial charge in [-0.2, -0.15) is 0 Å². The molecule has 10 N–H and O–H groups in total. The van der Waals surface area contributed by atoms with Crippen molar-refractivity contribution < 1.29 is 60.3 Å². The molecule has 0 amide bonds. The van der Waals surface area contributed by atoms with Gasteiger partial charge in [0.25, 0.3) is 0 Å². The molecule has 4 aromatic rings. The van der Waals surface area contributed by atoms with Crippen LogP contribution in [0.5, 0.6) is 46.0 Å². The predicted molar refractivity (Wildman–Crippen MR) is 203 cm³/mol. The lowest BCUT2D eigenvalue weighted by molar-refractivity contribution is -0.162. The highest BCUT2D eigenvalue weighted by molar-refractivity contribution is 5.98. The van der Waals surface area contributed by atoms with Crippen molar-refractivity contribution in [2.24, 2.45) is 0 Å². The zero-order valence-electron chi connectivity index (χ0n) is 30.2. The molecule has 13 nitrogen and oxygen atoms in total. The Labute approximate surface area is 316 Å². The largest absolute Gasteiger partial charge is 0.508 e. The number of phenols is 8. The summed E-state index contributed by atoms with van der Waals surface area (Å²) in [6.07, 6.45) is 4.77. The van der Waals surface area contributed by atoms with E-state index in [1.165, 1.54) is 18.2 Å². The van der Waals surface area contributed by atoms with E-state index in [1.54, 1.807) is 25.1 Å². The Morgan fingerprint density at radius 1 is 0.836 bits per heavy atom. The average Bonchev–Trinajstić information content (AvgIpc) is 3.36. The van der Waals surface area contributed by atoms with E-state index < -0.39 is 47.0 Å². The summed E-state index contributed by atoms with van der Waals surface area (Å²) < 4.78 is 5.44. The number of esters is 1. The highest BCUT2D eigenvalue weighted by Crippen LogP contribution is 2.53. The number of fused-ring (bicyclic) bond motifs is 4. The van der Waals surface area contributed by atoms with Crippen LogP contribution in [0.2, 0.25) is 0 Å². The van der Waals surface area contributed by atoms with Gasteiger partial charge in [0.15, 0.2) is 40.2 Å². The van der Waals surface area contributed by atoms with Gasteiger partial charge in [-0.1, -0.05) is 32.1 Å². The van der Waals surface area contributed by atoms with E-state index >= 15 is 0 Å². The molecule has 0 unspecified atom stereocenters. The zero-order valence-corrected chi connectivity index (χ0v) is 30.2. The summed E-state index contributed by atoms with van der Waals surface area (Å²) in [5.41, 5.74) is 5.20. The molecule has 55 heavy (non-hydrogen) atoms. The molecule has 0 spiro atoms. The smallest absolute Gasteiger partial charge is 0.345 e. The van der Waals surface area contributed by atoms with Gasteiger partial charge in [-0.15, -0.1) is 0 Å². The number of benzene rings is 4. The van der Waals surface area contributed by atoms with Crippen LogP contribution < -0.4 is 5.32 Å². The third kappa shape index (κ3) is 7.30. The minimum Gasteiger partial charge on any atom is -0.508 e. The normalized spacial score (nSPS) is 16.0. The van der Waals surface area contributed by atoms with Crippen LogP contribution in [0.15, 0.2) is 48.5 Å². The number of phenolic OH excluding ortho intramolecular Hbond substituents is 8. The minimum absolute atomic E-state index is 0.0416. The summed E-state index contributed by atoms with van der Waals surface area (Å²) in [5, 5.41) is 97.9. The number of aliphatic carboxylic acids is 1. The molecule has 4 aromatic carbocycles. The van der Waals surface area contributed by atoms with Crippen molar-refractivity contribution in [3.8, 4) is 57.1 Å². The molecule has 0 radical (unpaired) electrons. The molecule has 288 valence electrons. The van der Waals surface area contributed by atoms with Crippen LogP contribution in [0.25, 0.3) is 28.9 Å². The fraction of sp³-hybridized carbons (Fsp3) is 0.286. The summed E-state index contributed by atoms with van der Waals surface area (Å²) >= 11 is 0. The second-order valence-electron chi connectivity index (χ2n) is 13.8. The maximum absolute atomic E-state index is 13.3. The highest BCUT2D eigenvalue weighted by Gasteiger charge is 2.35. The van der Waals surface area contributed by atoms with Crippen LogP contribution in [0.3, 0.4) is 0 Å². The number of carbonyl (C=O) groups is 2. The van der Waals surface area contributed by atoms with Crippen molar-refractivity contribution in [3.05, 3.63) is 87.5 Å². The van der Waals surface area contributed by atoms with E-state index in [4.69, 9.17) is 4.74 Å². The predicted octanol–water partition coefficient (Wildman–Crippen LogP) is 6.33. The van der Waals surface area contributed by atoms with Crippen LogP contribution in [-0.2, 0) is 27.2 Å². The number of nitrogens with one attached hydrogen (secondary N) is 1. The van der Waals surface area contributed by atoms with Gasteiger partial charge < -0.3 is 56.0 Å². The first kappa shape index (κ1) is 38.4. The Kier molecular flexibility index (Phi) is 10.9. The Morgan fingerprint density at radius 2 is 1.51 bits per heavy atom. The highest BCUT2D eigenvalue weighted by atomic mass is 16.6. The van der Waals surface area contributed by atoms with Gasteiger partial charge >= 0.3 is 11.9 Å². The van der Waals surface area contributed by atoms with Crippen molar-refractivity contribution in [2.75, 3.05) is 13.1 Å². The molecule has 0 bridgehead atoms. The molecular formula is C42H43NO12. The SMILES string of the molecule is CCNC[C@@H](c1cc(O)c(O)c(O)c1)[C@@H](OC(=O)/C=C/c1cc(O)c(O)c2c1C=C(c1cc(O)c(O)c3c1-c1cccc(O)c1CCC3)C[C@H]2CC)C(=O)O. The van der Waals surface area contributed by atoms with Crippen molar-refractivity contribution in [3.63, 3.8) is 0 Å². The van der Waals surface area contributed by atoms with Crippen molar-refractivity contribution in [2.45, 2.75) is 63.9 Å². The summed E-state index contributed by atoms with van der Waals surface area (Å²) in [4.78, 5) is 25.8. The molecule has 0 saturated carbocycles. The van der Waals surface area contributed by atoms with Gasteiger partial charge in [-0.05, 0) is 120 Å². The molecule has 2 aliphatic carbocycles. The first-order valence-corrected chi connectivity index (χ1v) is 18.0. The molecule has 0 heterocycles. The van der Waals surface area contributed by atoms with E-state index in [0.717, 1.165) is 23.8 Å². The standard InChI is InChI=1S/C42H43NO12/c1-3-20-13-22(28-18-34(48)38(50)26-9-5-7-24-25(37(26)28)8-6-10-30(24)44)14-27-21(15-33(47)40(52)36(20)27)11-12-35(49)55-41(42(53)54)29(19-43-4-2)23-16-31(45)39(51)32(46)17-23/h6,8,10-12,14-18,20,29,41,43-48,50-52H,3-5,7,9,13,19H2,1-2H3,(H,53,54)/b12-11+/t20-,29+,41-/m1/s1. The molecule has 13 heteroatoms. The van der Waals surface area contributed by atoms with Crippen molar-refractivity contribution in [1.82, 2.24) is 5.32 Å². The molecule has 3 atom stereocenters. The second-order valence-corrected chi connectivity index (χ2v) is 13.8. The molecule has 2 aliphatic rings. The average molecular weight is 754 g/mol. The number of ether oxygens (including phenoxy) is 1. The van der Waals surface area contributed by atoms with E-state index in [2.05, 4.69) is 5.32 Å². The third-order valence-corrected chi connectivity index (χ3v) is 10.5. The van der Waals surface area contributed by atoms with E-state index in [9.17, 15) is 55.5 Å². The number of carboxylic acids is 1. The molecule has 6 rings (SSSR count). The summed E-state index contributed by atoms with van der Waals surface area (Å²) in [5.74, 6) is -7.42. The fourth-order valence-electron chi connectivity index (χ4n) is 7.76. The third-order valence-electron chi connectivity index (χ3n) is 10.5. The molecular weight excluding hydrogens is 710 g/mol. The molecule has 0 aromatic heterocycles. The fourth-order valence-corrected chi connectivity index (χ4v) is 7.76. The minimum atomic E-state index is -1.81. The maximum Gasteiger partial charge on any atom is 0.345 e. The number of carboxylic acid groups (broad SMARTS) is 1. The first-order valence-electron chi connectivity index (χ1n) is 18.0. The zero-order chi connectivity index (χ0) is 39.7. The van der Waals surface area contributed by atoms with E-state index in [-0.39, 0.29) is 46.6 Å². The Bertz CT molecular complexity index is 2220. The Hall–Kier alpha value is -6.34. The van der Waals surface area contributed by atoms with Crippen LogP contribution >= 0.6 is 0 Å². The molecule has 0 aliphatic heterocycles. The lowest BCUT2D eigenvalue weighted by Gasteiger charge is -2.29. The van der Waals surface area contributed by atoms with Crippen molar-refractivity contribution >= 4 is 29.7 Å². The quantitative estimate of drug-likeness (QED) is 0.0459. The Morgan fingerprint density at radius 3 is 2.18 bits per heavy atom. The molecule has 0 saturated heterocycles. The van der Waals surface area contributed by atoms with Crippen molar-refractivity contribution in [1.29, 1.82) is 0 Å². The van der Waals surface area contributed by atoms with Gasteiger partial charge in [-0.3, -0.25) is 0 Å². The second kappa shape index (κ2) is 15.6. The van der Waals surface area contributed by atoms with E-state index in [1.807, 2.05) is 13.0 Å². The summed E-state index contributed by atoms with van der Waals surface area (Å²) in [7, 11) is 0. The maximum atomic E-state index is 13.3. The number of rotatable bonds is 11. The topological polar surface area (TPSA) is 237 Å². The summed E-state index contributed by atoms with van der Waals surface area (Å²) in [6.45, 7) is 4.06. The number of carbonyl (C=O) groups excluding carboxylic acids is 1. The van der Waals surface area contributed by atoms with E-state index in [0.29, 0.717) is 77.6 Å². The van der Waals surface area contributed by atoms with Crippen LogP contribution in [0, 0.1) is 0 Å². The van der Waals surface area contributed by atoms with Crippen LogP contribution in [0.1, 0.15) is 83.9 Å². The monoisotopic (exact) mass is 753 g/mol. The number of hydrogen-bond donors (Lipinski definition) is 10. The lowest BCUT2D eigenvalue weighted by Crippen LogP contribution is -2.38. The number of hydrogen-bond acceptors (Lipinski definition) is 12.